The van der Waals surface area contributed by atoms with E-state index in [1.54, 1.807) is 13.0 Å². The maximum absolute atomic E-state index is 12.5. The van der Waals surface area contributed by atoms with E-state index >= 15 is 0 Å². The molecule has 0 saturated carbocycles. The summed E-state index contributed by atoms with van der Waals surface area (Å²) in [5.41, 5.74) is 2.02. The Labute approximate surface area is 157 Å². The van der Waals surface area contributed by atoms with Gasteiger partial charge in [-0.1, -0.05) is 12.1 Å². The third-order valence-electron chi connectivity index (χ3n) is 4.50. The lowest BCUT2D eigenvalue weighted by atomic mass is 10.1. The number of thioether (sulfide) groups is 1. The number of imide groups is 1. The van der Waals surface area contributed by atoms with E-state index in [1.165, 1.54) is 25.5 Å². The number of hydrogen-bond acceptors (Lipinski definition) is 6. The molecule has 2 aliphatic rings. The summed E-state index contributed by atoms with van der Waals surface area (Å²) in [5, 5.41) is -0.449. The molecule has 138 valence electrons. The highest BCUT2D eigenvalue weighted by Gasteiger charge is 2.41. The quantitative estimate of drug-likeness (QED) is 0.582. The molecule has 2 aliphatic heterocycles. The van der Waals surface area contributed by atoms with E-state index in [4.69, 9.17) is 4.74 Å². The molecular weight excluding hydrogens is 352 g/mol. The van der Waals surface area contributed by atoms with E-state index in [-0.39, 0.29) is 6.61 Å². The molecule has 1 atom stereocenters. The number of amides is 2. The van der Waals surface area contributed by atoms with Crippen molar-refractivity contribution < 1.29 is 19.1 Å². The minimum absolute atomic E-state index is 0.207. The summed E-state index contributed by atoms with van der Waals surface area (Å²) < 4.78 is 4.91. The first kappa shape index (κ1) is 18.5. The summed E-state index contributed by atoms with van der Waals surface area (Å²) in [5.74, 6) is -1.03. The van der Waals surface area contributed by atoms with Gasteiger partial charge in [-0.25, -0.2) is 4.79 Å². The topological polar surface area (TPSA) is 66.9 Å². The van der Waals surface area contributed by atoms with Gasteiger partial charge in [-0.3, -0.25) is 14.5 Å². The predicted octanol–water partition coefficient (Wildman–Crippen LogP) is 3.27. The summed E-state index contributed by atoms with van der Waals surface area (Å²) in [6.45, 7) is 5.54. The van der Waals surface area contributed by atoms with Crippen molar-refractivity contribution >= 4 is 40.6 Å². The lowest BCUT2D eigenvalue weighted by Crippen LogP contribution is -2.42. The highest BCUT2D eigenvalue weighted by atomic mass is 32.2. The Kier molecular flexibility index (Phi) is 5.66. The molecule has 6 nitrogen and oxygen atoms in total. The van der Waals surface area contributed by atoms with Crippen LogP contribution in [0.3, 0.4) is 0 Å². The second kappa shape index (κ2) is 7.95. The summed E-state index contributed by atoms with van der Waals surface area (Å²) in [7, 11) is 0. The Morgan fingerprint density at radius 2 is 1.88 bits per heavy atom. The molecule has 7 heteroatoms. The zero-order chi connectivity index (χ0) is 18.7. The van der Waals surface area contributed by atoms with Gasteiger partial charge < -0.3 is 9.64 Å². The van der Waals surface area contributed by atoms with Crippen LogP contribution >= 0.6 is 11.8 Å². The summed E-state index contributed by atoms with van der Waals surface area (Å²) in [6, 6.07) is 7.02. The maximum Gasteiger partial charge on any atom is 0.329 e. The van der Waals surface area contributed by atoms with E-state index < -0.39 is 23.2 Å². The first-order chi connectivity index (χ1) is 12.5. The van der Waals surface area contributed by atoms with Gasteiger partial charge in [0.25, 0.3) is 11.1 Å². The number of carbonyl (C=O) groups excluding carboxylic acids is 3. The average Bonchev–Trinajstić information content (AvgIpc) is 3.24. The molecule has 0 spiro atoms. The fraction of sp³-hybridized carbons (Fsp3) is 0.421. The number of anilines is 1. The predicted molar refractivity (Wildman–Crippen MR) is 102 cm³/mol. The molecule has 1 aromatic carbocycles. The lowest BCUT2D eigenvalue weighted by Gasteiger charge is -2.19. The molecule has 2 saturated heterocycles. The van der Waals surface area contributed by atoms with Crippen LogP contribution in [-0.4, -0.2) is 47.8 Å². The fourth-order valence-electron chi connectivity index (χ4n) is 3.09. The van der Waals surface area contributed by atoms with Crippen molar-refractivity contribution in [3.05, 3.63) is 34.7 Å². The molecule has 26 heavy (non-hydrogen) atoms. The Morgan fingerprint density at radius 3 is 2.50 bits per heavy atom. The van der Waals surface area contributed by atoms with E-state index in [0.29, 0.717) is 4.91 Å². The van der Waals surface area contributed by atoms with Crippen LogP contribution in [-0.2, 0) is 14.3 Å². The van der Waals surface area contributed by atoms with Crippen molar-refractivity contribution in [2.24, 2.45) is 0 Å². The number of esters is 1. The summed E-state index contributed by atoms with van der Waals surface area (Å²) in [6.07, 6.45) is 4.12. The van der Waals surface area contributed by atoms with Crippen LogP contribution in [0.25, 0.3) is 6.08 Å². The van der Waals surface area contributed by atoms with Crippen LogP contribution in [0.1, 0.15) is 32.3 Å². The van der Waals surface area contributed by atoms with Gasteiger partial charge in [0.05, 0.1) is 11.5 Å². The number of hydrogen-bond donors (Lipinski definition) is 0. The second-order valence-corrected chi connectivity index (χ2v) is 7.26. The fourth-order valence-corrected chi connectivity index (χ4v) is 4.00. The van der Waals surface area contributed by atoms with Gasteiger partial charge in [0.2, 0.25) is 0 Å². The number of nitrogens with zero attached hydrogens (tertiary/aromatic N) is 2. The molecule has 2 heterocycles. The maximum atomic E-state index is 12.5. The average molecular weight is 374 g/mol. The summed E-state index contributed by atoms with van der Waals surface area (Å²) >= 11 is 0.850. The molecule has 0 aromatic heterocycles. The highest BCUT2D eigenvalue weighted by molar-refractivity contribution is 8.18. The molecule has 3 rings (SSSR count). The van der Waals surface area contributed by atoms with Crippen molar-refractivity contribution in [3.63, 3.8) is 0 Å². The Hall–Kier alpha value is -2.28. The molecule has 2 fully saturated rings. The molecule has 2 amide bonds. The third-order valence-corrected chi connectivity index (χ3v) is 5.38. The minimum atomic E-state index is -0.925. The zero-order valence-corrected chi connectivity index (χ0v) is 15.8. The lowest BCUT2D eigenvalue weighted by molar-refractivity contribution is -0.150. The smallest absolute Gasteiger partial charge is 0.329 e. The van der Waals surface area contributed by atoms with Crippen molar-refractivity contribution in [3.8, 4) is 0 Å². The van der Waals surface area contributed by atoms with Crippen LogP contribution in [0, 0.1) is 0 Å². The molecule has 1 unspecified atom stereocenters. The normalized spacial score (nSPS) is 20.2. The van der Waals surface area contributed by atoms with Crippen LogP contribution in [0.2, 0.25) is 0 Å². The minimum Gasteiger partial charge on any atom is -0.464 e. The molecule has 0 aliphatic carbocycles. The molecule has 0 radical (unpaired) electrons. The molecule has 1 aromatic rings. The van der Waals surface area contributed by atoms with Gasteiger partial charge in [-0.2, -0.15) is 0 Å². The Balaban J connectivity index is 1.74. The zero-order valence-electron chi connectivity index (χ0n) is 14.9. The van der Waals surface area contributed by atoms with Gasteiger partial charge in [-0.05, 0) is 62.2 Å². The van der Waals surface area contributed by atoms with Crippen LogP contribution < -0.4 is 4.90 Å². The van der Waals surface area contributed by atoms with E-state index in [2.05, 4.69) is 4.90 Å². The van der Waals surface area contributed by atoms with Crippen molar-refractivity contribution in [2.45, 2.75) is 32.7 Å². The number of ether oxygens (including phenoxy) is 1. The largest absolute Gasteiger partial charge is 0.464 e. The first-order valence-electron chi connectivity index (χ1n) is 8.80. The second-order valence-electron chi connectivity index (χ2n) is 6.27. The number of benzene rings is 1. The van der Waals surface area contributed by atoms with Crippen molar-refractivity contribution in [2.75, 3.05) is 24.6 Å². The van der Waals surface area contributed by atoms with E-state index in [0.717, 1.165) is 35.3 Å². The Morgan fingerprint density at radius 1 is 1.23 bits per heavy atom. The number of rotatable bonds is 5. The van der Waals surface area contributed by atoms with Crippen LogP contribution in [0.5, 0.6) is 0 Å². The standard InChI is InChI=1S/C19H22N2O4S/c1-3-25-18(23)13(2)21-17(22)16(26-19(21)24)12-14-6-8-15(9-7-14)20-10-4-5-11-20/h6-9,12-13H,3-5,10-11H2,1-2H3. The molecular formula is C19H22N2O4S. The van der Waals surface area contributed by atoms with Gasteiger partial charge in [-0.15, -0.1) is 0 Å². The van der Waals surface area contributed by atoms with E-state index in [1.807, 2.05) is 24.3 Å². The SMILES string of the molecule is CCOC(=O)C(C)N1C(=O)SC(=Cc2ccc(N3CCCC3)cc2)C1=O. The van der Waals surface area contributed by atoms with Crippen molar-refractivity contribution in [1.82, 2.24) is 4.90 Å². The van der Waals surface area contributed by atoms with Gasteiger partial charge >= 0.3 is 5.97 Å². The summed E-state index contributed by atoms with van der Waals surface area (Å²) in [4.78, 5) is 40.2. The molecule has 0 bridgehead atoms. The highest BCUT2D eigenvalue weighted by Crippen LogP contribution is 2.34. The molecule has 0 N–H and O–H groups in total. The van der Waals surface area contributed by atoms with Gasteiger partial charge in [0.15, 0.2) is 0 Å². The van der Waals surface area contributed by atoms with Gasteiger partial charge in [0, 0.05) is 18.8 Å². The van der Waals surface area contributed by atoms with E-state index in [9.17, 15) is 14.4 Å². The van der Waals surface area contributed by atoms with Gasteiger partial charge in [0.1, 0.15) is 6.04 Å². The third kappa shape index (κ3) is 3.77. The monoisotopic (exact) mass is 374 g/mol. The first-order valence-corrected chi connectivity index (χ1v) is 9.61. The van der Waals surface area contributed by atoms with Crippen LogP contribution in [0.15, 0.2) is 29.2 Å². The Bertz CT molecular complexity index is 738. The van der Waals surface area contributed by atoms with Crippen LogP contribution in [0.4, 0.5) is 10.5 Å². The number of carbonyl (C=O) groups is 3. The van der Waals surface area contributed by atoms with Crippen molar-refractivity contribution in [1.29, 1.82) is 0 Å².